The number of benzene rings is 1. The molecule has 0 bridgehead atoms. The first-order chi connectivity index (χ1) is 11.8. The molecule has 0 aliphatic rings. The van der Waals surface area contributed by atoms with E-state index >= 15 is 0 Å². The molecule has 0 amide bonds. The van der Waals surface area contributed by atoms with Gasteiger partial charge >= 0.3 is 0 Å². The Hall–Kier alpha value is -2.34. The van der Waals surface area contributed by atoms with Crippen LogP contribution in [0.5, 0.6) is 11.5 Å². The summed E-state index contributed by atoms with van der Waals surface area (Å²) in [6, 6.07) is 3.02. The minimum atomic E-state index is -0.442. The first kappa shape index (κ1) is 20.7. The quantitative estimate of drug-likeness (QED) is 0.308. The molecule has 0 heterocycles. The predicted molar refractivity (Wildman–Crippen MR) is 96.2 cm³/mol. The summed E-state index contributed by atoms with van der Waals surface area (Å²) in [5, 5.41) is 12.3. The van der Waals surface area contributed by atoms with E-state index < -0.39 is 5.78 Å². The number of Topliss-reactive ketones (excluding diaryl/α,β-unsaturated/α-hetero) is 2. The predicted octanol–water partition coefficient (Wildman–Crippen LogP) is 2.27. The maximum Gasteiger partial charge on any atom is 0.201 e. The summed E-state index contributed by atoms with van der Waals surface area (Å²) in [5.74, 6) is 0.265. The van der Waals surface area contributed by atoms with Crippen LogP contribution in [-0.4, -0.2) is 43.5 Å². The molecule has 138 valence electrons. The highest BCUT2D eigenvalue weighted by atomic mass is 16.5. The average molecular weight is 349 g/mol. The van der Waals surface area contributed by atoms with E-state index in [1.807, 2.05) is 20.8 Å². The SMILES string of the molecule is COc1cc(OC)c(C(=O)/C(=C/N[C@H](CO)C(C)C)C(C)=O)cc1C. The molecule has 0 radical (unpaired) electrons. The second kappa shape index (κ2) is 9.22. The Labute approximate surface area is 148 Å². The van der Waals surface area contributed by atoms with Gasteiger partial charge in [0.05, 0.1) is 38.0 Å². The first-order valence-corrected chi connectivity index (χ1v) is 8.12. The highest BCUT2D eigenvalue weighted by Gasteiger charge is 2.22. The Morgan fingerprint density at radius 1 is 1.20 bits per heavy atom. The lowest BCUT2D eigenvalue weighted by atomic mass is 9.98. The molecule has 6 heteroatoms. The molecule has 0 saturated carbocycles. The van der Waals surface area contributed by atoms with Crippen molar-refractivity contribution in [1.82, 2.24) is 5.32 Å². The number of aliphatic hydroxyl groups is 1. The Morgan fingerprint density at radius 2 is 1.80 bits per heavy atom. The van der Waals surface area contributed by atoms with Crippen molar-refractivity contribution >= 4 is 11.6 Å². The van der Waals surface area contributed by atoms with Gasteiger partial charge in [-0.1, -0.05) is 13.8 Å². The minimum absolute atomic E-state index is 0.00182. The van der Waals surface area contributed by atoms with Crippen LogP contribution in [-0.2, 0) is 4.79 Å². The normalized spacial score (nSPS) is 12.7. The second-order valence-corrected chi connectivity index (χ2v) is 6.17. The Kier molecular flexibility index (Phi) is 7.64. The second-order valence-electron chi connectivity index (χ2n) is 6.17. The van der Waals surface area contributed by atoms with Crippen LogP contribution < -0.4 is 14.8 Å². The van der Waals surface area contributed by atoms with Crippen LogP contribution >= 0.6 is 0 Å². The molecule has 0 spiro atoms. The van der Waals surface area contributed by atoms with Gasteiger partial charge < -0.3 is 19.9 Å². The van der Waals surface area contributed by atoms with E-state index in [-0.39, 0.29) is 35.5 Å². The van der Waals surface area contributed by atoms with Crippen molar-refractivity contribution in [2.75, 3.05) is 20.8 Å². The molecular weight excluding hydrogens is 322 g/mol. The monoisotopic (exact) mass is 349 g/mol. The van der Waals surface area contributed by atoms with Crippen molar-refractivity contribution < 1.29 is 24.2 Å². The molecule has 0 fully saturated rings. The van der Waals surface area contributed by atoms with Gasteiger partial charge in [-0.05, 0) is 31.4 Å². The van der Waals surface area contributed by atoms with E-state index in [1.54, 1.807) is 12.1 Å². The number of ether oxygens (including phenoxy) is 2. The Morgan fingerprint density at radius 3 is 2.24 bits per heavy atom. The van der Waals surface area contributed by atoms with Gasteiger partial charge in [0.2, 0.25) is 5.78 Å². The summed E-state index contributed by atoms with van der Waals surface area (Å²) in [6.07, 6.45) is 1.38. The van der Waals surface area contributed by atoms with Gasteiger partial charge in [-0.2, -0.15) is 0 Å². The highest BCUT2D eigenvalue weighted by Crippen LogP contribution is 2.30. The molecular formula is C19H27NO5. The number of ketones is 2. The van der Waals surface area contributed by atoms with Gasteiger partial charge in [0.25, 0.3) is 0 Å². The Balaban J connectivity index is 3.28. The average Bonchev–Trinajstić information content (AvgIpc) is 2.57. The fourth-order valence-electron chi connectivity index (χ4n) is 2.35. The standard InChI is InChI=1S/C19H27NO5/c1-11(2)16(10-21)20-9-15(13(4)22)19(23)14-7-12(3)17(24-5)8-18(14)25-6/h7-9,11,16,20-21H,10H2,1-6H3/b15-9+/t16-/m1/s1. The number of methoxy groups -OCH3 is 2. The van der Waals surface area contributed by atoms with Gasteiger partial charge in [-0.25, -0.2) is 0 Å². The molecule has 2 N–H and O–H groups in total. The van der Waals surface area contributed by atoms with Gasteiger partial charge in [-0.3, -0.25) is 9.59 Å². The third-order valence-corrected chi connectivity index (χ3v) is 4.03. The van der Waals surface area contributed by atoms with E-state index in [9.17, 15) is 14.7 Å². The molecule has 0 unspecified atom stereocenters. The van der Waals surface area contributed by atoms with Crippen LogP contribution in [0.3, 0.4) is 0 Å². The van der Waals surface area contributed by atoms with E-state index in [4.69, 9.17) is 9.47 Å². The molecule has 25 heavy (non-hydrogen) atoms. The topological polar surface area (TPSA) is 84.9 Å². The van der Waals surface area contributed by atoms with Gasteiger partial charge in [0, 0.05) is 12.3 Å². The lowest BCUT2D eigenvalue weighted by Crippen LogP contribution is -2.34. The Bertz CT molecular complexity index is 664. The molecule has 1 rings (SSSR count). The molecule has 6 nitrogen and oxygen atoms in total. The summed E-state index contributed by atoms with van der Waals surface area (Å²) in [6.45, 7) is 6.92. The van der Waals surface area contributed by atoms with Gasteiger partial charge in [0.1, 0.15) is 11.5 Å². The van der Waals surface area contributed by atoms with Crippen LogP contribution in [0.2, 0.25) is 0 Å². The summed E-state index contributed by atoms with van der Waals surface area (Å²) in [4.78, 5) is 24.9. The number of hydrogen-bond donors (Lipinski definition) is 2. The van der Waals surface area contributed by atoms with Crippen LogP contribution in [0.25, 0.3) is 0 Å². The largest absolute Gasteiger partial charge is 0.496 e. The van der Waals surface area contributed by atoms with Gasteiger partial charge in [0.15, 0.2) is 5.78 Å². The molecule has 1 aromatic rings. The molecule has 1 aromatic carbocycles. The number of aryl methyl sites for hydroxylation is 1. The van der Waals surface area contributed by atoms with Crippen molar-refractivity contribution in [3.8, 4) is 11.5 Å². The highest BCUT2D eigenvalue weighted by molar-refractivity contribution is 6.26. The molecule has 1 atom stereocenters. The van der Waals surface area contributed by atoms with E-state index in [2.05, 4.69) is 5.32 Å². The number of nitrogens with one attached hydrogen (secondary N) is 1. The number of carbonyl (C=O) groups is 2. The summed E-state index contributed by atoms with van der Waals surface area (Å²) in [7, 11) is 2.99. The number of aliphatic hydroxyl groups excluding tert-OH is 1. The van der Waals surface area contributed by atoms with Crippen molar-refractivity contribution in [3.05, 3.63) is 35.0 Å². The number of rotatable bonds is 9. The van der Waals surface area contributed by atoms with Crippen molar-refractivity contribution in [1.29, 1.82) is 0 Å². The molecule has 0 aliphatic heterocycles. The minimum Gasteiger partial charge on any atom is -0.496 e. The third kappa shape index (κ3) is 5.06. The van der Waals surface area contributed by atoms with Crippen LogP contribution in [0.4, 0.5) is 0 Å². The fraction of sp³-hybridized carbons (Fsp3) is 0.474. The van der Waals surface area contributed by atoms with Crippen molar-refractivity contribution in [3.63, 3.8) is 0 Å². The molecule has 0 aliphatic carbocycles. The number of hydrogen-bond acceptors (Lipinski definition) is 6. The number of allylic oxidation sites excluding steroid dienone is 1. The van der Waals surface area contributed by atoms with E-state index in [0.717, 1.165) is 5.56 Å². The zero-order chi connectivity index (χ0) is 19.1. The third-order valence-electron chi connectivity index (χ3n) is 4.03. The number of carbonyl (C=O) groups excluding carboxylic acids is 2. The summed E-state index contributed by atoms with van der Waals surface area (Å²) in [5.41, 5.74) is 1.05. The fourth-order valence-corrected chi connectivity index (χ4v) is 2.35. The summed E-state index contributed by atoms with van der Waals surface area (Å²) >= 11 is 0. The molecule has 0 saturated heterocycles. The van der Waals surface area contributed by atoms with Crippen molar-refractivity contribution in [2.45, 2.75) is 33.7 Å². The van der Waals surface area contributed by atoms with E-state index in [1.165, 1.54) is 27.3 Å². The first-order valence-electron chi connectivity index (χ1n) is 8.12. The maximum absolute atomic E-state index is 12.9. The van der Waals surface area contributed by atoms with Crippen LogP contribution in [0, 0.1) is 12.8 Å². The van der Waals surface area contributed by atoms with Crippen LogP contribution in [0.15, 0.2) is 23.9 Å². The zero-order valence-electron chi connectivity index (χ0n) is 15.7. The lowest BCUT2D eigenvalue weighted by Gasteiger charge is -2.19. The molecule has 0 aromatic heterocycles. The summed E-state index contributed by atoms with van der Waals surface area (Å²) < 4.78 is 10.5. The van der Waals surface area contributed by atoms with Crippen LogP contribution in [0.1, 0.15) is 36.7 Å². The smallest absolute Gasteiger partial charge is 0.201 e. The lowest BCUT2D eigenvalue weighted by molar-refractivity contribution is -0.113. The van der Waals surface area contributed by atoms with Gasteiger partial charge in [-0.15, -0.1) is 0 Å². The van der Waals surface area contributed by atoms with Crippen molar-refractivity contribution in [2.24, 2.45) is 5.92 Å². The van der Waals surface area contributed by atoms with E-state index in [0.29, 0.717) is 11.5 Å². The maximum atomic E-state index is 12.9. The zero-order valence-corrected chi connectivity index (χ0v) is 15.7.